The smallest absolute Gasteiger partial charge is 1.00 e. The maximum Gasteiger partial charge on any atom is 1.00 e. The van der Waals surface area contributed by atoms with Crippen LogP contribution in [0, 0.1) is 152 Å². The Morgan fingerprint density at radius 3 is 1.56 bits per heavy atom. The third kappa shape index (κ3) is 9.83. The molecule has 0 radical (unpaired) electrons. The molecule has 7 nitrogen and oxygen atoms in total. The van der Waals surface area contributed by atoms with Crippen LogP contribution in [0.2, 0.25) is 0 Å². The van der Waals surface area contributed by atoms with E-state index in [4.69, 9.17) is 34.8 Å². The van der Waals surface area contributed by atoms with Gasteiger partial charge in [-0.1, -0.05) is 60.3 Å². The number of ether oxygens (including phenoxy) is 6. The second kappa shape index (κ2) is 23.0. The van der Waals surface area contributed by atoms with Crippen LogP contribution in [0.1, 0.15) is 159 Å². The Bertz CT molecular complexity index is 2160. The predicted molar refractivity (Wildman–Crippen MR) is 276 cm³/mol. The van der Waals surface area contributed by atoms with Gasteiger partial charge in [-0.05, 0) is 220 Å². The van der Waals surface area contributed by atoms with E-state index in [9.17, 15) is 5.11 Å². The van der Waals surface area contributed by atoms with Crippen molar-refractivity contribution in [3.8, 4) is 71.5 Å². The Hall–Kier alpha value is -1.79. The summed E-state index contributed by atoms with van der Waals surface area (Å²) in [6.07, 6.45) is 27.6. The van der Waals surface area contributed by atoms with Crippen molar-refractivity contribution >= 4 is 17.4 Å². The summed E-state index contributed by atoms with van der Waals surface area (Å²) in [5.41, 5.74) is 0.838. The van der Waals surface area contributed by atoms with Crippen molar-refractivity contribution in [3.63, 3.8) is 0 Å². The largest absolute Gasteiger partial charge is 1.00 e. The molecule has 12 rings (SSSR count). The summed E-state index contributed by atoms with van der Waals surface area (Å²) in [7, 11) is 0. The fourth-order valence-electron chi connectivity index (χ4n) is 17.9. The monoisotopic (exact) mass is 965 g/mol. The van der Waals surface area contributed by atoms with Crippen LogP contribution in [0.3, 0.4) is 0 Å². The van der Waals surface area contributed by atoms with Gasteiger partial charge in [0.2, 0.25) is 0 Å². The second-order valence-corrected chi connectivity index (χ2v) is 24.1. The molecule has 0 aromatic carbocycles. The van der Waals surface area contributed by atoms with Gasteiger partial charge in [-0.15, -0.1) is 6.42 Å². The SMILES string of the molecule is C#CC#CC#CC#CC#CC#CC.C1CCOC1.C[C@@H]1CC[C@]2(C)C3C(CC[C@@H]2C1)C1CCC2(OCCO2)[C@@]1(C)[C@H]1O[C@@H]31.C[C@@H]1CC[C@]2(C)C3C[C@H](O)[C@@]4(C)C(CCC45OCCO5)C3CC[C@@H]2C1.[AlH3].[H-].[Li+]. The van der Waals surface area contributed by atoms with Gasteiger partial charge in [0.25, 0.3) is 0 Å². The number of hydrogen-bond donors (Lipinski definition) is 1. The standard InChI is InChI=1S/C22H34O3.C22H36O3.C13H4.C4H8O.Al.Li.4H/c1-13-6-8-20(2)14(12-13)4-5-15-16-7-9-22(23-10-11-24-22)21(16,3)19-18(25-19)17(15)20;1-14-6-8-20(2)15(12-14)4-5-16-17-7-9-22(24-10-11-25-22)21(17,3)19(23)13-18(16)20;1-3-5-7-9-11-13-12-10-8-6-4-2;1-2-4-5-3-1;;;;;;/h13-19H,4-12H2,1-3H3;14-19,23H,4-13H2,1-3H3;1H,2H3;1-4H2;;;;;;/q;;;;;+1;;;;-1/t13-,14-,15?,16?,17?,18+,19+,20+,21-;14-,15-,16?,17?,18?,19+,20+,21-;;;;;;;;/m11......../s1. The summed E-state index contributed by atoms with van der Waals surface area (Å²) in [6.45, 7) is 21.5. The van der Waals surface area contributed by atoms with Gasteiger partial charge in [0.05, 0.1) is 55.6 Å². The zero-order chi connectivity index (χ0) is 47.8. The first-order chi connectivity index (χ1) is 32.8. The van der Waals surface area contributed by atoms with E-state index >= 15 is 0 Å². The first kappa shape index (κ1) is 55.9. The number of aliphatic hydroxyl groups is 1. The van der Waals surface area contributed by atoms with Crippen molar-refractivity contribution in [2.45, 2.75) is 188 Å². The van der Waals surface area contributed by atoms with Gasteiger partial charge in [-0.2, -0.15) is 0 Å². The van der Waals surface area contributed by atoms with E-state index in [1.807, 2.05) is 0 Å². The quantitative estimate of drug-likeness (QED) is 0.177. The molecule has 17 atom stereocenters. The molecule has 70 heavy (non-hydrogen) atoms. The van der Waals surface area contributed by atoms with Gasteiger partial charge >= 0.3 is 18.9 Å². The summed E-state index contributed by atoms with van der Waals surface area (Å²) >= 11 is 0. The Balaban J connectivity index is 0.000000170. The summed E-state index contributed by atoms with van der Waals surface area (Å²) in [5.74, 6) is 34.1. The molecule has 376 valence electrons. The number of aliphatic hydroxyl groups excluding tert-OH is 1. The maximum absolute atomic E-state index is 11.4. The summed E-state index contributed by atoms with van der Waals surface area (Å²) in [5, 5.41) is 11.4. The van der Waals surface area contributed by atoms with E-state index in [1.54, 1.807) is 6.92 Å². The normalized spacial score (nSPS) is 44.7. The molecule has 8 saturated carbocycles. The number of rotatable bonds is 0. The molecule has 1 N–H and O–H groups in total. The second-order valence-electron chi connectivity index (χ2n) is 24.1. The Morgan fingerprint density at radius 2 is 1.03 bits per heavy atom. The van der Waals surface area contributed by atoms with E-state index in [1.165, 1.54) is 89.9 Å². The van der Waals surface area contributed by atoms with Crippen molar-refractivity contribution < 1.29 is 53.8 Å². The van der Waals surface area contributed by atoms with Crippen LogP contribution in [0.4, 0.5) is 0 Å². The molecule has 2 spiro atoms. The molecule has 0 aromatic rings. The van der Waals surface area contributed by atoms with Crippen LogP contribution in [-0.2, 0) is 28.4 Å². The van der Waals surface area contributed by atoms with E-state index in [0.717, 1.165) is 93.0 Å². The first-order valence-corrected chi connectivity index (χ1v) is 27.2. The molecule has 12 fully saturated rings. The fraction of sp³-hybridized carbons (Fsp3) is 0.803. The minimum absolute atomic E-state index is 0. The number of hydrogen-bond acceptors (Lipinski definition) is 7. The molecule has 12 aliphatic rings. The Labute approximate surface area is 448 Å². The van der Waals surface area contributed by atoms with Crippen LogP contribution in [0.5, 0.6) is 0 Å². The minimum atomic E-state index is -0.499. The minimum Gasteiger partial charge on any atom is -1.00 e. The molecule has 0 aromatic heterocycles. The van der Waals surface area contributed by atoms with E-state index < -0.39 is 5.79 Å². The van der Waals surface area contributed by atoms with Crippen molar-refractivity contribution in [1.82, 2.24) is 0 Å². The molecule has 4 saturated heterocycles. The van der Waals surface area contributed by atoms with Crippen LogP contribution in [-0.4, -0.2) is 92.0 Å². The zero-order valence-corrected chi connectivity index (χ0v) is 43.7. The molecular weight excluding hydrogens is 879 g/mol. The van der Waals surface area contributed by atoms with Gasteiger partial charge in [-0.3, -0.25) is 0 Å². The topological polar surface area (TPSA) is 78.9 Å². The maximum atomic E-state index is 11.4. The number of fused-ring (bicyclic) bond motifs is 15. The van der Waals surface area contributed by atoms with Crippen LogP contribution >= 0.6 is 0 Å². The third-order valence-electron chi connectivity index (χ3n) is 21.3. The molecule has 6 unspecified atom stereocenters. The summed E-state index contributed by atoms with van der Waals surface area (Å²) in [4.78, 5) is 0. The predicted octanol–water partition coefficient (Wildman–Crippen LogP) is 6.16. The van der Waals surface area contributed by atoms with Crippen LogP contribution < -0.4 is 18.9 Å². The number of epoxide rings is 1. The van der Waals surface area contributed by atoms with Crippen molar-refractivity contribution in [1.29, 1.82) is 0 Å². The first-order valence-electron chi connectivity index (χ1n) is 27.2. The summed E-state index contributed by atoms with van der Waals surface area (Å²) in [6, 6.07) is 0. The van der Waals surface area contributed by atoms with Crippen LogP contribution in [0.15, 0.2) is 0 Å². The zero-order valence-electron chi connectivity index (χ0n) is 44.7. The number of terminal acetylenes is 1. The molecule has 4 heterocycles. The van der Waals surface area contributed by atoms with Crippen molar-refractivity contribution in [2.75, 3.05) is 39.6 Å². The fourth-order valence-corrected chi connectivity index (χ4v) is 17.9. The van der Waals surface area contributed by atoms with Gasteiger partial charge in [0, 0.05) is 26.1 Å². The van der Waals surface area contributed by atoms with Crippen molar-refractivity contribution in [3.05, 3.63) is 0 Å². The van der Waals surface area contributed by atoms with Gasteiger partial charge in [0.15, 0.2) is 28.9 Å². The molecule has 0 bridgehead atoms. The van der Waals surface area contributed by atoms with Gasteiger partial charge in [0.1, 0.15) is 0 Å². The average Bonchev–Trinajstić information content (AvgIpc) is 3.95. The van der Waals surface area contributed by atoms with Gasteiger partial charge in [-0.25, -0.2) is 0 Å². The summed E-state index contributed by atoms with van der Waals surface area (Å²) < 4.78 is 36.4. The molecular formula is C61H86AlLiO7. The Morgan fingerprint density at radius 1 is 0.543 bits per heavy atom. The molecule has 0 amide bonds. The molecule has 8 aliphatic carbocycles. The Kier molecular flexibility index (Phi) is 18.4. The third-order valence-corrected chi connectivity index (χ3v) is 21.3. The van der Waals surface area contributed by atoms with Crippen molar-refractivity contribution in [2.24, 2.45) is 80.8 Å². The average molecular weight is 965 g/mol. The van der Waals surface area contributed by atoms with E-state index in [0.29, 0.717) is 48.1 Å². The van der Waals surface area contributed by atoms with E-state index in [-0.39, 0.29) is 60.4 Å². The molecule has 4 aliphatic heterocycles. The van der Waals surface area contributed by atoms with E-state index in [2.05, 4.69) is 107 Å². The van der Waals surface area contributed by atoms with Crippen LogP contribution in [0.25, 0.3) is 0 Å². The van der Waals surface area contributed by atoms with Gasteiger partial charge < -0.3 is 35.0 Å². The molecule has 9 heteroatoms.